The fraction of sp³-hybridized carbons (Fsp3) is 0.462. The summed E-state index contributed by atoms with van der Waals surface area (Å²) in [4.78, 5) is 11.8. The Morgan fingerprint density at radius 1 is 1.53 bits per heavy atom. The minimum Gasteiger partial charge on any atom is -0.324 e. The molecular formula is C13H19IN2O. The maximum absolute atomic E-state index is 11.8. The Morgan fingerprint density at radius 2 is 2.24 bits per heavy atom. The summed E-state index contributed by atoms with van der Waals surface area (Å²) < 4.78 is 1.16. The molecule has 0 saturated heterocycles. The van der Waals surface area contributed by atoms with E-state index in [0.717, 1.165) is 34.1 Å². The molecule has 0 heterocycles. The quantitative estimate of drug-likeness (QED) is 0.806. The van der Waals surface area contributed by atoms with Crippen LogP contribution in [-0.2, 0) is 4.79 Å². The summed E-state index contributed by atoms with van der Waals surface area (Å²) in [6.07, 6.45) is 2.79. The number of nitrogens with two attached hydrogens (primary N) is 1. The molecule has 3 N–H and O–H groups in total. The SMILES string of the molecule is CCCCC(N)C(=O)Nc1ccc(I)cc1C. The van der Waals surface area contributed by atoms with Crippen LogP contribution in [0.1, 0.15) is 31.7 Å². The zero-order valence-corrected chi connectivity index (χ0v) is 12.5. The fourth-order valence-electron chi connectivity index (χ4n) is 1.55. The molecule has 1 rings (SSSR count). The monoisotopic (exact) mass is 346 g/mol. The van der Waals surface area contributed by atoms with Crippen LogP contribution >= 0.6 is 22.6 Å². The zero-order valence-electron chi connectivity index (χ0n) is 10.3. The highest BCUT2D eigenvalue weighted by molar-refractivity contribution is 14.1. The number of carbonyl (C=O) groups excluding carboxylic acids is 1. The number of hydrogen-bond donors (Lipinski definition) is 2. The number of nitrogens with one attached hydrogen (secondary N) is 1. The normalized spacial score (nSPS) is 12.2. The van der Waals surface area contributed by atoms with E-state index < -0.39 is 6.04 Å². The van der Waals surface area contributed by atoms with Gasteiger partial charge < -0.3 is 11.1 Å². The van der Waals surface area contributed by atoms with E-state index in [0.29, 0.717) is 0 Å². The van der Waals surface area contributed by atoms with Crippen molar-refractivity contribution in [2.75, 3.05) is 5.32 Å². The van der Waals surface area contributed by atoms with E-state index in [2.05, 4.69) is 34.8 Å². The van der Waals surface area contributed by atoms with Gasteiger partial charge in [-0.3, -0.25) is 4.79 Å². The second-order valence-electron chi connectivity index (χ2n) is 4.20. The lowest BCUT2D eigenvalue weighted by atomic mass is 10.1. The lowest BCUT2D eigenvalue weighted by molar-refractivity contribution is -0.117. The van der Waals surface area contributed by atoms with Crippen LogP contribution in [0, 0.1) is 10.5 Å². The van der Waals surface area contributed by atoms with Gasteiger partial charge in [0.25, 0.3) is 0 Å². The second kappa shape index (κ2) is 6.96. The summed E-state index contributed by atoms with van der Waals surface area (Å²) in [5.41, 5.74) is 7.73. The lowest BCUT2D eigenvalue weighted by Gasteiger charge is -2.13. The van der Waals surface area contributed by atoms with E-state index in [4.69, 9.17) is 5.73 Å². The molecule has 1 atom stereocenters. The van der Waals surface area contributed by atoms with E-state index in [9.17, 15) is 4.79 Å². The number of hydrogen-bond acceptors (Lipinski definition) is 2. The van der Waals surface area contributed by atoms with Crippen molar-refractivity contribution in [1.82, 2.24) is 0 Å². The van der Waals surface area contributed by atoms with E-state index in [1.165, 1.54) is 0 Å². The molecule has 0 saturated carbocycles. The summed E-state index contributed by atoms with van der Waals surface area (Å²) in [6.45, 7) is 4.07. The Balaban J connectivity index is 2.61. The summed E-state index contributed by atoms with van der Waals surface area (Å²) in [5.74, 6) is -0.0947. The molecule has 0 fully saturated rings. The number of aryl methyl sites for hydroxylation is 1. The molecule has 0 spiro atoms. The molecule has 0 aliphatic carbocycles. The molecule has 0 bridgehead atoms. The first-order valence-corrected chi connectivity index (χ1v) is 6.95. The maximum atomic E-state index is 11.8. The van der Waals surface area contributed by atoms with Gasteiger partial charge in [-0.2, -0.15) is 0 Å². The van der Waals surface area contributed by atoms with Crippen LogP contribution in [0.5, 0.6) is 0 Å². The van der Waals surface area contributed by atoms with Crippen LogP contribution in [0.25, 0.3) is 0 Å². The van der Waals surface area contributed by atoms with Crippen molar-refractivity contribution < 1.29 is 4.79 Å². The van der Waals surface area contributed by atoms with Crippen molar-refractivity contribution in [3.05, 3.63) is 27.3 Å². The van der Waals surface area contributed by atoms with Crippen molar-refractivity contribution in [2.45, 2.75) is 39.2 Å². The summed E-state index contributed by atoms with van der Waals surface area (Å²) in [6, 6.07) is 5.52. The second-order valence-corrected chi connectivity index (χ2v) is 5.44. The van der Waals surface area contributed by atoms with E-state index in [-0.39, 0.29) is 5.91 Å². The molecule has 3 nitrogen and oxygen atoms in total. The van der Waals surface area contributed by atoms with Gasteiger partial charge in [-0.05, 0) is 59.7 Å². The highest BCUT2D eigenvalue weighted by atomic mass is 127. The molecule has 94 valence electrons. The van der Waals surface area contributed by atoms with Gasteiger partial charge in [-0.25, -0.2) is 0 Å². The third-order valence-electron chi connectivity index (χ3n) is 2.65. The first-order valence-electron chi connectivity index (χ1n) is 5.87. The van der Waals surface area contributed by atoms with E-state index in [1.807, 2.05) is 25.1 Å². The number of benzene rings is 1. The average molecular weight is 346 g/mol. The van der Waals surface area contributed by atoms with Gasteiger partial charge in [-0.15, -0.1) is 0 Å². The molecule has 0 aromatic heterocycles. The summed E-state index contributed by atoms with van der Waals surface area (Å²) in [5, 5.41) is 2.88. The maximum Gasteiger partial charge on any atom is 0.241 e. The largest absolute Gasteiger partial charge is 0.324 e. The topological polar surface area (TPSA) is 55.1 Å². The first-order chi connectivity index (χ1) is 8.04. The number of amides is 1. The lowest BCUT2D eigenvalue weighted by Crippen LogP contribution is -2.35. The fourth-order valence-corrected chi connectivity index (χ4v) is 2.19. The number of rotatable bonds is 5. The van der Waals surface area contributed by atoms with E-state index >= 15 is 0 Å². The molecule has 1 aromatic rings. The third kappa shape index (κ3) is 4.63. The van der Waals surface area contributed by atoms with Crippen LogP contribution in [0.3, 0.4) is 0 Å². The van der Waals surface area contributed by atoms with Crippen molar-refractivity contribution in [2.24, 2.45) is 5.73 Å². The molecule has 0 aliphatic rings. The average Bonchev–Trinajstić information content (AvgIpc) is 2.29. The van der Waals surface area contributed by atoms with Gasteiger partial charge >= 0.3 is 0 Å². The van der Waals surface area contributed by atoms with E-state index in [1.54, 1.807) is 0 Å². The van der Waals surface area contributed by atoms with Crippen molar-refractivity contribution in [3.63, 3.8) is 0 Å². The highest BCUT2D eigenvalue weighted by Gasteiger charge is 2.13. The first kappa shape index (κ1) is 14.4. The Bertz CT molecular complexity index is 393. The Hall–Kier alpha value is -0.620. The smallest absolute Gasteiger partial charge is 0.241 e. The van der Waals surface area contributed by atoms with Crippen LogP contribution in [0.15, 0.2) is 18.2 Å². The standard InChI is InChI=1S/C13H19IN2O/c1-3-4-5-11(15)13(17)16-12-7-6-10(14)8-9(12)2/h6-8,11H,3-5,15H2,1-2H3,(H,16,17). The Morgan fingerprint density at radius 3 is 2.82 bits per heavy atom. The molecule has 0 radical (unpaired) electrons. The third-order valence-corrected chi connectivity index (χ3v) is 3.32. The van der Waals surface area contributed by atoms with Crippen LogP contribution in [-0.4, -0.2) is 11.9 Å². The molecule has 17 heavy (non-hydrogen) atoms. The van der Waals surface area contributed by atoms with Gasteiger partial charge in [0, 0.05) is 9.26 Å². The molecule has 1 amide bonds. The number of halogens is 1. The Labute approximate surface area is 116 Å². The van der Waals surface area contributed by atoms with Crippen LogP contribution < -0.4 is 11.1 Å². The summed E-state index contributed by atoms with van der Waals surface area (Å²) >= 11 is 2.25. The minimum absolute atomic E-state index is 0.0947. The van der Waals surface area contributed by atoms with Crippen molar-refractivity contribution in [1.29, 1.82) is 0 Å². The van der Waals surface area contributed by atoms with Crippen LogP contribution in [0.4, 0.5) is 5.69 Å². The minimum atomic E-state index is -0.409. The van der Waals surface area contributed by atoms with Crippen LogP contribution in [0.2, 0.25) is 0 Å². The predicted molar refractivity (Wildman–Crippen MR) is 80.0 cm³/mol. The van der Waals surface area contributed by atoms with Crippen molar-refractivity contribution in [3.8, 4) is 0 Å². The number of anilines is 1. The highest BCUT2D eigenvalue weighted by Crippen LogP contribution is 2.18. The van der Waals surface area contributed by atoms with Gasteiger partial charge in [0.2, 0.25) is 5.91 Å². The number of unbranched alkanes of at least 4 members (excludes halogenated alkanes) is 1. The molecule has 4 heteroatoms. The summed E-state index contributed by atoms with van der Waals surface area (Å²) in [7, 11) is 0. The molecule has 1 unspecified atom stereocenters. The van der Waals surface area contributed by atoms with Gasteiger partial charge in [0.1, 0.15) is 0 Å². The number of carbonyl (C=O) groups is 1. The van der Waals surface area contributed by atoms with Crippen molar-refractivity contribution >= 4 is 34.2 Å². The molecule has 0 aliphatic heterocycles. The zero-order chi connectivity index (χ0) is 12.8. The Kier molecular flexibility index (Phi) is 5.91. The van der Waals surface area contributed by atoms with Gasteiger partial charge in [0.15, 0.2) is 0 Å². The molecular weight excluding hydrogens is 327 g/mol. The molecule has 1 aromatic carbocycles. The van der Waals surface area contributed by atoms with Gasteiger partial charge in [0.05, 0.1) is 6.04 Å². The predicted octanol–water partition coefficient (Wildman–Crippen LogP) is 3.06. The van der Waals surface area contributed by atoms with Gasteiger partial charge in [-0.1, -0.05) is 19.8 Å².